The number of rotatable bonds is 3. The zero-order valence-electron chi connectivity index (χ0n) is 13.9. The largest absolute Gasteiger partial charge is 0.198 e. The van der Waals surface area contributed by atoms with Gasteiger partial charge in [-0.3, -0.25) is 0 Å². The Balaban J connectivity index is 2.05. The molecular formula is C22H21N. The van der Waals surface area contributed by atoms with Crippen LogP contribution >= 0.6 is 0 Å². The van der Waals surface area contributed by atoms with E-state index in [9.17, 15) is 5.26 Å². The Morgan fingerprint density at radius 3 is 2.26 bits per heavy atom. The van der Waals surface area contributed by atoms with Crippen LogP contribution in [0.3, 0.4) is 0 Å². The SMILES string of the molecule is Cc1cc(C)c(C(C#N)Cc2cccc3ccccc23)c(C)c1. The van der Waals surface area contributed by atoms with E-state index in [1.807, 2.05) is 0 Å². The first kappa shape index (κ1) is 15.3. The molecule has 3 aromatic carbocycles. The van der Waals surface area contributed by atoms with Crippen molar-refractivity contribution in [3.63, 3.8) is 0 Å². The molecule has 114 valence electrons. The van der Waals surface area contributed by atoms with Gasteiger partial charge in [0.2, 0.25) is 0 Å². The Morgan fingerprint density at radius 1 is 0.913 bits per heavy atom. The first-order valence-electron chi connectivity index (χ1n) is 8.04. The second-order valence-corrected chi connectivity index (χ2v) is 6.34. The van der Waals surface area contributed by atoms with E-state index in [4.69, 9.17) is 0 Å². The van der Waals surface area contributed by atoms with Crippen molar-refractivity contribution in [3.8, 4) is 6.07 Å². The summed E-state index contributed by atoms with van der Waals surface area (Å²) < 4.78 is 0. The van der Waals surface area contributed by atoms with Gasteiger partial charge in [0.25, 0.3) is 0 Å². The van der Waals surface area contributed by atoms with Gasteiger partial charge >= 0.3 is 0 Å². The van der Waals surface area contributed by atoms with Crippen molar-refractivity contribution in [1.29, 1.82) is 5.26 Å². The average molecular weight is 299 g/mol. The van der Waals surface area contributed by atoms with E-state index in [-0.39, 0.29) is 5.92 Å². The van der Waals surface area contributed by atoms with Gasteiger partial charge in [-0.2, -0.15) is 5.26 Å². The highest BCUT2D eigenvalue weighted by molar-refractivity contribution is 5.85. The lowest BCUT2D eigenvalue weighted by atomic mass is 9.85. The van der Waals surface area contributed by atoms with Gasteiger partial charge in [-0.25, -0.2) is 0 Å². The van der Waals surface area contributed by atoms with Crippen LogP contribution in [0.25, 0.3) is 10.8 Å². The Hall–Kier alpha value is -2.59. The van der Waals surface area contributed by atoms with Gasteiger partial charge in [-0.15, -0.1) is 0 Å². The first-order valence-corrected chi connectivity index (χ1v) is 8.04. The topological polar surface area (TPSA) is 23.8 Å². The van der Waals surface area contributed by atoms with E-state index in [0.717, 1.165) is 6.42 Å². The maximum atomic E-state index is 9.78. The number of fused-ring (bicyclic) bond motifs is 1. The minimum atomic E-state index is -0.110. The zero-order valence-corrected chi connectivity index (χ0v) is 13.9. The van der Waals surface area contributed by atoms with Crippen LogP contribution in [-0.2, 0) is 6.42 Å². The molecule has 1 heteroatoms. The lowest BCUT2D eigenvalue weighted by Gasteiger charge is -2.17. The third kappa shape index (κ3) is 2.98. The summed E-state index contributed by atoms with van der Waals surface area (Å²) in [7, 11) is 0. The Labute approximate surface area is 138 Å². The number of hydrogen-bond acceptors (Lipinski definition) is 1. The number of nitriles is 1. The molecule has 0 amide bonds. The normalized spacial score (nSPS) is 12.1. The molecule has 0 radical (unpaired) electrons. The third-order valence-corrected chi connectivity index (χ3v) is 4.55. The standard InChI is InChI=1S/C22H21N/c1-15-11-16(2)22(17(3)12-15)20(14-23)13-19-9-6-8-18-7-4-5-10-21(18)19/h4-12,20H,13H2,1-3H3. The lowest BCUT2D eigenvalue weighted by molar-refractivity contribution is 0.837. The highest BCUT2D eigenvalue weighted by Crippen LogP contribution is 2.30. The monoisotopic (exact) mass is 299 g/mol. The molecule has 0 N–H and O–H groups in total. The van der Waals surface area contributed by atoms with Crippen molar-refractivity contribution in [2.75, 3.05) is 0 Å². The summed E-state index contributed by atoms with van der Waals surface area (Å²) in [5.74, 6) is -0.110. The number of hydrogen-bond donors (Lipinski definition) is 0. The fraction of sp³-hybridized carbons (Fsp3) is 0.227. The highest BCUT2D eigenvalue weighted by atomic mass is 14.3. The van der Waals surface area contributed by atoms with Crippen LogP contribution in [0.2, 0.25) is 0 Å². The van der Waals surface area contributed by atoms with Gasteiger partial charge in [-0.05, 0) is 60.2 Å². The lowest BCUT2D eigenvalue weighted by Crippen LogP contribution is -2.06. The van der Waals surface area contributed by atoms with Gasteiger partial charge in [0, 0.05) is 0 Å². The molecule has 0 aliphatic rings. The van der Waals surface area contributed by atoms with Crippen molar-refractivity contribution in [2.24, 2.45) is 0 Å². The predicted octanol–water partition coefficient (Wildman–Crippen LogP) is 5.61. The molecule has 3 aromatic rings. The fourth-order valence-electron chi connectivity index (χ4n) is 3.64. The highest BCUT2D eigenvalue weighted by Gasteiger charge is 2.17. The van der Waals surface area contributed by atoms with Gasteiger partial charge in [0.1, 0.15) is 0 Å². The first-order chi connectivity index (χ1) is 11.1. The zero-order chi connectivity index (χ0) is 16.4. The maximum absolute atomic E-state index is 9.78. The van der Waals surface area contributed by atoms with Crippen molar-refractivity contribution in [3.05, 3.63) is 82.4 Å². The molecule has 0 aliphatic carbocycles. The van der Waals surface area contributed by atoms with Gasteiger partial charge in [0.15, 0.2) is 0 Å². The number of nitrogens with zero attached hydrogens (tertiary/aromatic N) is 1. The van der Waals surface area contributed by atoms with E-state index in [1.54, 1.807) is 0 Å². The summed E-state index contributed by atoms with van der Waals surface area (Å²) in [5, 5.41) is 12.3. The molecule has 3 rings (SSSR count). The Bertz CT molecular complexity index is 871. The molecule has 0 aromatic heterocycles. The van der Waals surface area contributed by atoms with Crippen LogP contribution in [0.15, 0.2) is 54.6 Å². The number of benzene rings is 3. The van der Waals surface area contributed by atoms with E-state index in [0.29, 0.717) is 0 Å². The molecule has 1 unspecified atom stereocenters. The van der Waals surface area contributed by atoms with Crippen LogP contribution in [0.4, 0.5) is 0 Å². The van der Waals surface area contributed by atoms with Crippen LogP contribution in [0, 0.1) is 32.1 Å². The Morgan fingerprint density at radius 2 is 1.57 bits per heavy atom. The van der Waals surface area contributed by atoms with E-state index < -0.39 is 0 Å². The molecule has 1 atom stereocenters. The quantitative estimate of drug-likeness (QED) is 0.616. The number of aryl methyl sites for hydroxylation is 3. The predicted molar refractivity (Wildman–Crippen MR) is 96.7 cm³/mol. The maximum Gasteiger partial charge on any atom is 0.0758 e. The average Bonchev–Trinajstić information content (AvgIpc) is 2.53. The van der Waals surface area contributed by atoms with Gasteiger partial charge in [-0.1, -0.05) is 60.2 Å². The van der Waals surface area contributed by atoms with Crippen molar-refractivity contribution < 1.29 is 0 Å². The molecule has 0 fully saturated rings. The van der Waals surface area contributed by atoms with Gasteiger partial charge < -0.3 is 0 Å². The van der Waals surface area contributed by atoms with Crippen LogP contribution < -0.4 is 0 Å². The van der Waals surface area contributed by atoms with Crippen LogP contribution in [0.5, 0.6) is 0 Å². The smallest absolute Gasteiger partial charge is 0.0758 e. The molecule has 0 heterocycles. The molecule has 0 spiro atoms. The third-order valence-electron chi connectivity index (χ3n) is 4.55. The summed E-state index contributed by atoms with van der Waals surface area (Å²) in [5.41, 5.74) is 6.12. The molecule has 23 heavy (non-hydrogen) atoms. The minimum absolute atomic E-state index is 0.110. The summed E-state index contributed by atoms with van der Waals surface area (Å²) in [6.07, 6.45) is 0.753. The van der Waals surface area contributed by atoms with Crippen molar-refractivity contribution in [2.45, 2.75) is 33.1 Å². The van der Waals surface area contributed by atoms with E-state index >= 15 is 0 Å². The molecular weight excluding hydrogens is 278 g/mol. The molecule has 0 bridgehead atoms. The fourth-order valence-corrected chi connectivity index (χ4v) is 3.64. The molecule has 1 nitrogen and oxygen atoms in total. The van der Waals surface area contributed by atoms with E-state index in [1.165, 1.54) is 38.6 Å². The van der Waals surface area contributed by atoms with Crippen LogP contribution in [0.1, 0.15) is 33.7 Å². The van der Waals surface area contributed by atoms with E-state index in [2.05, 4.69) is 81.4 Å². The minimum Gasteiger partial charge on any atom is -0.198 e. The molecule has 0 aliphatic heterocycles. The summed E-state index contributed by atoms with van der Waals surface area (Å²) in [4.78, 5) is 0. The van der Waals surface area contributed by atoms with Crippen LogP contribution in [-0.4, -0.2) is 0 Å². The summed E-state index contributed by atoms with van der Waals surface area (Å²) in [6.45, 7) is 6.33. The van der Waals surface area contributed by atoms with Crippen molar-refractivity contribution in [1.82, 2.24) is 0 Å². The second-order valence-electron chi connectivity index (χ2n) is 6.34. The molecule has 0 saturated carbocycles. The van der Waals surface area contributed by atoms with Gasteiger partial charge in [0.05, 0.1) is 12.0 Å². The molecule has 0 saturated heterocycles. The summed E-state index contributed by atoms with van der Waals surface area (Å²) in [6, 6.07) is 21.6. The Kier molecular flexibility index (Phi) is 4.17. The second kappa shape index (κ2) is 6.26. The summed E-state index contributed by atoms with van der Waals surface area (Å²) >= 11 is 0. The van der Waals surface area contributed by atoms with Crippen molar-refractivity contribution >= 4 is 10.8 Å².